The van der Waals surface area contributed by atoms with Crippen molar-refractivity contribution in [2.75, 3.05) is 46.6 Å². The minimum Gasteiger partial charge on any atom is -0.412 e. The maximum Gasteiger partial charge on any atom is 0.259 e. The summed E-state index contributed by atoms with van der Waals surface area (Å²) >= 11 is 0. The second kappa shape index (κ2) is 28.7. The number of rotatable bonds is 20. The summed E-state index contributed by atoms with van der Waals surface area (Å²) in [6.07, 6.45) is 4.50. The van der Waals surface area contributed by atoms with Crippen LogP contribution in [0.4, 0.5) is 0 Å². The van der Waals surface area contributed by atoms with Gasteiger partial charge in [0.1, 0.15) is 43.7 Å². The molecule has 9 radical (unpaired) electrons. The largest absolute Gasteiger partial charge is 0.412 e. The van der Waals surface area contributed by atoms with Gasteiger partial charge in [-0.2, -0.15) is 5.26 Å². The molecule has 3 unspecified atom stereocenters. The zero-order chi connectivity index (χ0) is 53.2. The van der Waals surface area contributed by atoms with Crippen molar-refractivity contribution in [2.45, 2.75) is 229 Å². The molecule has 12 atom stereocenters. The van der Waals surface area contributed by atoms with E-state index in [1.807, 2.05) is 26.3 Å². The summed E-state index contributed by atoms with van der Waals surface area (Å²) in [5, 5.41) is 19.0. The minimum absolute atomic E-state index is 0. The molecule has 0 saturated carbocycles. The highest BCUT2D eigenvalue weighted by molar-refractivity contribution is 7.65. The lowest BCUT2D eigenvalue weighted by atomic mass is 9.94. The fraction of sp³-hybridized carbons (Fsp3) is 0.935. The van der Waals surface area contributed by atoms with E-state index in [4.69, 9.17) is 60.9 Å². The molecule has 393 valence electrons. The van der Waals surface area contributed by atoms with Crippen LogP contribution in [-0.2, 0) is 45.8 Å². The van der Waals surface area contributed by atoms with Gasteiger partial charge in [0.05, 0.1) is 62.9 Å². The van der Waals surface area contributed by atoms with Gasteiger partial charge in [-0.05, 0) is 116 Å². The van der Waals surface area contributed by atoms with Crippen LogP contribution in [0.5, 0.6) is 0 Å². The van der Waals surface area contributed by atoms with Crippen LogP contribution in [0.2, 0.25) is 36.3 Å². The third-order valence-corrected chi connectivity index (χ3v) is 29.5. The summed E-state index contributed by atoms with van der Waals surface area (Å²) < 4.78 is 80.1. The molecule has 0 aromatic rings. The van der Waals surface area contributed by atoms with Crippen LogP contribution in [0, 0.1) is 11.3 Å². The van der Waals surface area contributed by atoms with E-state index < -0.39 is 70.4 Å². The summed E-state index contributed by atoms with van der Waals surface area (Å²) in [6.45, 7) is 43.0. The number of hydrogen-bond acceptors (Lipinski definition) is 13. The zero-order valence-electron chi connectivity index (χ0n) is 46.6. The molecule has 0 aromatic carbocycles. The summed E-state index contributed by atoms with van der Waals surface area (Å²) in [5.74, 6) is 0.917. The van der Waals surface area contributed by atoms with E-state index in [0.717, 1.165) is 6.42 Å². The fourth-order valence-electron chi connectivity index (χ4n) is 6.93. The normalized spacial score (nSPS) is 27.6. The molecule has 0 amide bonds. The Kier molecular flexibility index (Phi) is 29.0. The molecule has 23 heteroatoms. The maximum absolute atomic E-state index is 12.3. The Balaban J connectivity index is 0.00000101. The Labute approximate surface area is 431 Å². The standard InChI is InChI=1S/C18H35BN2O4P2.C14H30BO4PSi.C14H28BO3PSi.B/c1-13(2)21(14(3)4)26(23-10-8-9-20)25-17-12-16(24-18(17)19)11-15(5)27(6,7)22;1-14(2,3)21(6,7)19-11-8-10(18-13(11)15)9-12(16)20(4,5)17;1-14(2,3)20(6,7)18-12-10-11(17-13(12)15)8-9-19(4,5)16;/h13-18H,8,10-12H2,1-7H3;10-13,16H,8-9H2,1-7H3;8-9,11-13H,10H2,1-7H3;/b;;9-8+;/t15?,16-,17+,18-,26?;10-,11-,12?,13+;11-,12+,13-;/m101./s1. The lowest BCUT2D eigenvalue weighted by Gasteiger charge is -2.39. The summed E-state index contributed by atoms with van der Waals surface area (Å²) in [4.78, 5) is 0. The van der Waals surface area contributed by atoms with E-state index >= 15 is 0 Å². The first-order valence-electron chi connectivity index (χ1n) is 24.4. The third kappa shape index (κ3) is 24.5. The van der Waals surface area contributed by atoms with Crippen molar-refractivity contribution in [2.24, 2.45) is 0 Å². The Morgan fingerprint density at radius 1 is 0.739 bits per heavy atom. The van der Waals surface area contributed by atoms with Gasteiger partial charge in [0.15, 0.2) is 16.6 Å². The average molecular weight is 1070 g/mol. The molecule has 3 saturated heterocycles. The Bertz CT molecular complexity index is 1750. The van der Waals surface area contributed by atoms with Crippen molar-refractivity contribution < 1.29 is 50.9 Å². The second-order valence-corrected chi connectivity index (χ2v) is 45.1. The quantitative estimate of drug-likeness (QED) is 0.0697. The van der Waals surface area contributed by atoms with E-state index in [1.54, 1.807) is 32.5 Å². The van der Waals surface area contributed by atoms with Gasteiger partial charge in [-0.3, -0.25) is 0 Å². The van der Waals surface area contributed by atoms with Gasteiger partial charge in [0.2, 0.25) is 0 Å². The number of nitrogens with zero attached hydrogens (tertiary/aromatic N) is 2. The van der Waals surface area contributed by atoms with E-state index in [0.29, 0.717) is 38.7 Å². The van der Waals surface area contributed by atoms with Crippen LogP contribution in [0.15, 0.2) is 11.9 Å². The zero-order valence-corrected chi connectivity index (χ0v) is 52.2. The SMILES string of the molecule is [B].[B][C@@H]1O[C@H](/C=C/P(C)(C)=O)C[C@@H]1O[Si](C)(C)C(C)(C)C.[B][C@@H]1O[C@H](CC(C)P(C)(C)=O)C[C@@H]1OP(OCCC#N)N(C(C)C)C(C)C.[B][C@@H]1O[C@H](CC(O)P(C)(C)=O)C[C@@H]1O[Si](C)(C)C(C)(C)C. The molecule has 3 heterocycles. The monoisotopic (exact) mass is 1070 g/mol. The molecule has 0 aliphatic carbocycles. The van der Waals surface area contributed by atoms with E-state index in [9.17, 15) is 18.8 Å². The minimum atomic E-state index is -2.51. The Morgan fingerprint density at radius 2 is 1.16 bits per heavy atom. The van der Waals surface area contributed by atoms with Crippen LogP contribution in [0.1, 0.15) is 115 Å². The number of aliphatic hydroxyl groups is 1. The van der Waals surface area contributed by atoms with Crippen molar-refractivity contribution in [3.05, 3.63) is 11.9 Å². The predicted octanol–water partition coefficient (Wildman–Crippen LogP) is 10.7. The molecular formula is C46H93B4N2O11P4Si2. The highest BCUT2D eigenvalue weighted by Crippen LogP contribution is 2.51. The maximum atomic E-state index is 12.3. The first-order valence-corrected chi connectivity index (χ1v) is 39.3. The van der Waals surface area contributed by atoms with Gasteiger partial charge in [-0.1, -0.05) is 54.5 Å². The average Bonchev–Trinajstić information content (AvgIpc) is 3.78. The molecule has 69 heavy (non-hydrogen) atoms. The number of ether oxygens (including phenoxy) is 3. The number of hydrogen-bond donors (Lipinski definition) is 1. The number of aliphatic hydroxyl groups excluding tert-OH is 1. The lowest BCUT2D eigenvalue weighted by molar-refractivity contribution is 0.0448. The van der Waals surface area contributed by atoms with Crippen LogP contribution in [0.25, 0.3) is 0 Å². The summed E-state index contributed by atoms with van der Waals surface area (Å²) in [6, 6.07) is 1.18. The van der Waals surface area contributed by atoms with Gasteiger partial charge >= 0.3 is 0 Å². The second-order valence-electron chi connectivity index (χ2n) is 23.8. The van der Waals surface area contributed by atoms with Gasteiger partial charge in [0.25, 0.3) is 8.53 Å². The molecule has 3 fully saturated rings. The van der Waals surface area contributed by atoms with Crippen LogP contribution in [-0.4, -0.2) is 183 Å². The van der Waals surface area contributed by atoms with Crippen LogP contribution in [0.3, 0.4) is 0 Å². The fourth-order valence-corrected chi connectivity index (χ4v) is 13.4. The summed E-state index contributed by atoms with van der Waals surface area (Å²) in [7, 11) is 6.33. The smallest absolute Gasteiger partial charge is 0.259 e. The van der Waals surface area contributed by atoms with Gasteiger partial charge in [-0.15, -0.1) is 0 Å². The highest BCUT2D eigenvalue weighted by atomic mass is 31.2. The Morgan fingerprint density at radius 3 is 1.57 bits per heavy atom. The summed E-state index contributed by atoms with van der Waals surface area (Å²) in [5.41, 5.74) is 0.0877. The van der Waals surface area contributed by atoms with Crippen LogP contribution >= 0.6 is 30.0 Å². The van der Waals surface area contributed by atoms with Gasteiger partial charge < -0.3 is 50.9 Å². The first-order chi connectivity index (χ1) is 30.5. The van der Waals surface area contributed by atoms with Crippen molar-refractivity contribution in [3.63, 3.8) is 0 Å². The molecule has 0 aromatic heterocycles. The molecule has 3 aliphatic heterocycles. The number of nitriles is 1. The lowest BCUT2D eigenvalue weighted by Crippen LogP contribution is -2.46. The van der Waals surface area contributed by atoms with E-state index in [-0.39, 0.29) is 72.9 Å². The molecule has 3 aliphatic rings. The van der Waals surface area contributed by atoms with Gasteiger partial charge in [-0.25, -0.2) is 4.67 Å². The molecular weight excluding hydrogens is 980 g/mol. The topological polar surface area (TPSA) is 163 Å². The predicted molar refractivity (Wildman–Crippen MR) is 299 cm³/mol. The van der Waals surface area contributed by atoms with E-state index in [1.165, 1.54) is 0 Å². The molecule has 0 spiro atoms. The third-order valence-electron chi connectivity index (χ3n) is 13.5. The first kappa shape index (κ1) is 69.7. The van der Waals surface area contributed by atoms with Crippen molar-refractivity contribution in [3.8, 4) is 6.07 Å². The molecule has 13 nitrogen and oxygen atoms in total. The van der Waals surface area contributed by atoms with Gasteiger partial charge in [0, 0.05) is 69.8 Å². The molecule has 0 bridgehead atoms. The van der Waals surface area contributed by atoms with Crippen molar-refractivity contribution in [1.29, 1.82) is 5.26 Å². The van der Waals surface area contributed by atoms with Crippen molar-refractivity contribution in [1.82, 2.24) is 4.67 Å². The van der Waals surface area contributed by atoms with E-state index in [2.05, 4.69) is 106 Å². The highest BCUT2D eigenvalue weighted by Gasteiger charge is 2.45. The Hall–Kier alpha value is 0.684. The molecule has 3 rings (SSSR count). The van der Waals surface area contributed by atoms with Crippen molar-refractivity contribution >= 4 is 78.5 Å². The molecule has 1 N–H and O–H groups in total. The van der Waals surface area contributed by atoms with Crippen LogP contribution < -0.4 is 0 Å².